The standard InChI is InChI=1S/C29H43N5O7/c1-21(2)31-24-10-14-33-25(35)18-34(27(37)19-40-17-16-39-15-11-30-29(38)28(24)33)22-8-12-32(13-9-22)26(36)20-41-23-6-4-3-5-7-23/h3-7,21-22,24,28,31H,8-20H2,1-2H3,(H,30,38)/t24-,28+/m1/s1. The van der Waals surface area contributed by atoms with Gasteiger partial charge in [-0.1, -0.05) is 32.0 Å². The molecule has 3 aliphatic heterocycles. The van der Waals surface area contributed by atoms with E-state index in [2.05, 4.69) is 10.6 Å². The molecule has 12 nitrogen and oxygen atoms in total. The highest BCUT2D eigenvalue weighted by molar-refractivity contribution is 5.91. The first kappa shape index (κ1) is 30.7. The lowest BCUT2D eigenvalue weighted by atomic mass is 10.0. The first-order valence-corrected chi connectivity index (χ1v) is 14.6. The molecule has 1 aromatic carbocycles. The van der Waals surface area contributed by atoms with Crippen LogP contribution in [-0.4, -0.2) is 128 Å². The maximum absolute atomic E-state index is 13.7. The Labute approximate surface area is 241 Å². The maximum Gasteiger partial charge on any atom is 0.260 e. The van der Waals surface area contributed by atoms with Gasteiger partial charge in [0.2, 0.25) is 17.7 Å². The van der Waals surface area contributed by atoms with Gasteiger partial charge in [0, 0.05) is 44.3 Å². The average Bonchev–Trinajstić information content (AvgIpc) is 3.39. The maximum atomic E-state index is 13.7. The van der Waals surface area contributed by atoms with E-state index in [0.29, 0.717) is 64.4 Å². The molecule has 41 heavy (non-hydrogen) atoms. The number of nitrogens with zero attached hydrogens (tertiary/aromatic N) is 3. The second kappa shape index (κ2) is 15.1. The van der Waals surface area contributed by atoms with Crippen molar-refractivity contribution in [1.82, 2.24) is 25.3 Å². The van der Waals surface area contributed by atoms with Gasteiger partial charge in [-0.3, -0.25) is 19.2 Å². The van der Waals surface area contributed by atoms with E-state index in [-0.39, 0.29) is 68.1 Å². The van der Waals surface area contributed by atoms with Crippen LogP contribution in [0.5, 0.6) is 5.75 Å². The fourth-order valence-electron chi connectivity index (χ4n) is 5.65. The van der Waals surface area contributed by atoms with Crippen LogP contribution in [-0.2, 0) is 28.7 Å². The third kappa shape index (κ3) is 8.64. The molecule has 0 bridgehead atoms. The summed E-state index contributed by atoms with van der Waals surface area (Å²) in [5.74, 6) is -0.280. The van der Waals surface area contributed by atoms with Crippen LogP contribution in [0.3, 0.4) is 0 Å². The molecule has 0 radical (unpaired) electrons. The second-order valence-electron chi connectivity index (χ2n) is 10.9. The number of hydrogen-bond donors (Lipinski definition) is 2. The Hall–Kier alpha value is -3.22. The molecule has 3 fully saturated rings. The number of carbonyl (C=O) groups is 4. The first-order chi connectivity index (χ1) is 19.8. The highest BCUT2D eigenvalue weighted by atomic mass is 16.5. The summed E-state index contributed by atoms with van der Waals surface area (Å²) < 4.78 is 16.7. The zero-order valence-electron chi connectivity index (χ0n) is 24.1. The minimum atomic E-state index is -0.674. The number of likely N-dealkylation sites (tertiary alicyclic amines) is 1. The van der Waals surface area contributed by atoms with Crippen molar-refractivity contribution < 1.29 is 33.4 Å². The Balaban J connectivity index is 1.42. The fraction of sp³-hybridized carbons (Fsp3) is 0.655. The molecule has 0 aliphatic carbocycles. The Kier molecular flexibility index (Phi) is 11.3. The van der Waals surface area contributed by atoms with Crippen LogP contribution in [0, 0.1) is 0 Å². The van der Waals surface area contributed by atoms with Gasteiger partial charge in [0.05, 0.1) is 19.8 Å². The molecule has 0 saturated carbocycles. The van der Waals surface area contributed by atoms with Crippen molar-refractivity contribution in [2.24, 2.45) is 0 Å². The zero-order valence-corrected chi connectivity index (χ0v) is 24.1. The fourth-order valence-corrected chi connectivity index (χ4v) is 5.65. The lowest BCUT2D eigenvalue weighted by Crippen LogP contribution is -2.58. The van der Waals surface area contributed by atoms with Gasteiger partial charge in [0.15, 0.2) is 6.61 Å². The van der Waals surface area contributed by atoms with Gasteiger partial charge in [-0.25, -0.2) is 0 Å². The lowest BCUT2D eigenvalue weighted by Gasteiger charge is -2.39. The van der Waals surface area contributed by atoms with Gasteiger partial charge in [-0.15, -0.1) is 0 Å². The monoisotopic (exact) mass is 573 g/mol. The summed E-state index contributed by atoms with van der Waals surface area (Å²) in [5, 5.41) is 6.32. The molecule has 0 spiro atoms. The van der Waals surface area contributed by atoms with Gasteiger partial charge < -0.3 is 39.5 Å². The summed E-state index contributed by atoms with van der Waals surface area (Å²) in [7, 11) is 0. The number of benzene rings is 1. The predicted molar refractivity (Wildman–Crippen MR) is 150 cm³/mol. The number of para-hydroxylation sites is 1. The SMILES string of the molecule is CC(C)N[C@@H]1CCN2C(=O)CN(C3CCN(C(=O)COc4ccccc4)CC3)C(=O)COCCOCCNC(=O)[C@H]12. The first-order valence-electron chi connectivity index (χ1n) is 14.6. The Morgan fingerprint density at radius 2 is 1.71 bits per heavy atom. The third-order valence-corrected chi connectivity index (χ3v) is 7.67. The van der Waals surface area contributed by atoms with E-state index in [1.807, 2.05) is 32.0 Å². The van der Waals surface area contributed by atoms with Gasteiger partial charge in [0.25, 0.3) is 5.91 Å². The smallest absolute Gasteiger partial charge is 0.260 e. The number of amides is 4. The minimum absolute atomic E-state index is 0.0598. The summed E-state index contributed by atoms with van der Waals surface area (Å²) in [6, 6.07) is 8.22. The Morgan fingerprint density at radius 1 is 0.976 bits per heavy atom. The molecule has 2 atom stereocenters. The van der Waals surface area contributed by atoms with E-state index in [1.54, 1.807) is 26.8 Å². The molecule has 3 heterocycles. The van der Waals surface area contributed by atoms with Gasteiger partial charge in [0.1, 0.15) is 24.9 Å². The Morgan fingerprint density at radius 3 is 2.44 bits per heavy atom. The van der Waals surface area contributed by atoms with Crippen LogP contribution in [0.1, 0.15) is 33.1 Å². The largest absolute Gasteiger partial charge is 0.484 e. The van der Waals surface area contributed by atoms with Crippen molar-refractivity contribution in [2.45, 2.75) is 57.3 Å². The van der Waals surface area contributed by atoms with Crippen LogP contribution in [0.2, 0.25) is 0 Å². The number of rotatable bonds is 6. The third-order valence-electron chi connectivity index (χ3n) is 7.67. The molecule has 4 rings (SSSR count). The van der Waals surface area contributed by atoms with Crippen molar-refractivity contribution in [3.63, 3.8) is 0 Å². The molecular formula is C29H43N5O7. The van der Waals surface area contributed by atoms with Crippen molar-refractivity contribution in [1.29, 1.82) is 0 Å². The van der Waals surface area contributed by atoms with Gasteiger partial charge in [-0.05, 0) is 31.4 Å². The van der Waals surface area contributed by atoms with Crippen molar-refractivity contribution in [3.05, 3.63) is 30.3 Å². The molecule has 3 aliphatic rings. The molecule has 226 valence electrons. The summed E-state index contributed by atoms with van der Waals surface area (Å²) in [4.78, 5) is 57.9. The number of fused-ring (bicyclic) bond motifs is 1. The van der Waals surface area contributed by atoms with Crippen LogP contribution in [0.15, 0.2) is 30.3 Å². The topological polar surface area (TPSA) is 130 Å². The van der Waals surface area contributed by atoms with E-state index in [9.17, 15) is 19.2 Å². The lowest BCUT2D eigenvalue weighted by molar-refractivity contribution is -0.149. The highest BCUT2D eigenvalue weighted by Crippen LogP contribution is 2.22. The number of ether oxygens (including phenoxy) is 3. The summed E-state index contributed by atoms with van der Waals surface area (Å²) in [6.07, 6.45) is 1.70. The van der Waals surface area contributed by atoms with E-state index >= 15 is 0 Å². The van der Waals surface area contributed by atoms with E-state index in [4.69, 9.17) is 14.2 Å². The van der Waals surface area contributed by atoms with Crippen molar-refractivity contribution in [3.8, 4) is 5.75 Å². The van der Waals surface area contributed by atoms with Crippen molar-refractivity contribution >= 4 is 23.6 Å². The zero-order chi connectivity index (χ0) is 29.2. The van der Waals surface area contributed by atoms with E-state index in [1.165, 1.54) is 0 Å². The normalized spacial score (nSPS) is 24.1. The predicted octanol–water partition coefficient (Wildman–Crippen LogP) is 0.0155. The quantitative estimate of drug-likeness (QED) is 0.487. The molecule has 2 N–H and O–H groups in total. The number of piperidine rings is 1. The molecule has 4 amide bonds. The van der Waals surface area contributed by atoms with Crippen LogP contribution >= 0.6 is 0 Å². The Bertz CT molecular complexity index is 1030. The molecular weight excluding hydrogens is 530 g/mol. The van der Waals surface area contributed by atoms with Gasteiger partial charge in [-0.2, -0.15) is 0 Å². The average molecular weight is 574 g/mol. The number of carbonyl (C=O) groups excluding carboxylic acids is 4. The highest BCUT2D eigenvalue weighted by Gasteiger charge is 2.43. The summed E-state index contributed by atoms with van der Waals surface area (Å²) in [6.45, 7) is 6.11. The van der Waals surface area contributed by atoms with E-state index in [0.717, 1.165) is 0 Å². The molecule has 0 aromatic heterocycles. The summed E-state index contributed by atoms with van der Waals surface area (Å²) in [5.41, 5.74) is 0. The van der Waals surface area contributed by atoms with Crippen LogP contribution < -0.4 is 15.4 Å². The molecule has 3 saturated heterocycles. The molecule has 12 heteroatoms. The minimum Gasteiger partial charge on any atom is -0.484 e. The van der Waals surface area contributed by atoms with Crippen molar-refractivity contribution in [2.75, 3.05) is 65.8 Å². The molecule has 0 unspecified atom stereocenters. The summed E-state index contributed by atoms with van der Waals surface area (Å²) >= 11 is 0. The molecule has 1 aromatic rings. The van der Waals surface area contributed by atoms with E-state index < -0.39 is 6.04 Å². The second-order valence-corrected chi connectivity index (χ2v) is 10.9. The van der Waals surface area contributed by atoms with Crippen LogP contribution in [0.25, 0.3) is 0 Å². The van der Waals surface area contributed by atoms with Crippen LogP contribution in [0.4, 0.5) is 0 Å². The number of nitrogens with one attached hydrogen (secondary N) is 2. The van der Waals surface area contributed by atoms with Gasteiger partial charge >= 0.3 is 0 Å². The number of hydrogen-bond acceptors (Lipinski definition) is 8.